The Bertz CT molecular complexity index is 413. The number of hydrogen-bond acceptors (Lipinski definition) is 2. The predicted octanol–water partition coefficient (Wildman–Crippen LogP) is 4.07. The maximum absolute atomic E-state index is 13.3. The monoisotopic (exact) mass is 271 g/mol. The Morgan fingerprint density at radius 2 is 1.74 bits per heavy atom. The van der Waals surface area contributed by atoms with Gasteiger partial charge in [0.05, 0.1) is 6.26 Å². The quantitative estimate of drug-likeness (QED) is 0.824. The highest BCUT2D eigenvalue weighted by atomic mass is 19.3. The molecule has 2 nitrogen and oxygen atoms in total. The van der Waals surface area contributed by atoms with Crippen molar-refractivity contribution in [1.29, 1.82) is 0 Å². The van der Waals surface area contributed by atoms with E-state index >= 15 is 0 Å². The van der Waals surface area contributed by atoms with Gasteiger partial charge in [-0.05, 0) is 26.0 Å². The van der Waals surface area contributed by atoms with Crippen LogP contribution in [0.3, 0.4) is 0 Å². The highest BCUT2D eigenvalue weighted by Crippen LogP contribution is 2.41. The summed E-state index contributed by atoms with van der Waals surface area (Å²) in [5.41, 5.74) is -0.468. The summed E-state index contributed by atoms with van der Waals surface area (Å²) in [6.45, 7) is 9.31. The Labute approximate surface area is 113 Å². The standard InChI is InChI=1S/C15H23F2NO/c1-13(2,12-6-5-11-19-12)14(3,4)18-9-7-15(16,17)8-10-18/h5-6,11H,7-10H2,1-4H3. The lowest BCUT2D eigenvalue weighted by Gasteiger charge is -2.50. The van der Waals surface area contributed by atoms with Gasteiger partial charge in [0.2, 0.25) is 0 Å². The molecule has 1 aliphatic rings. The van der Waals surface area contributed by atoms with Crippen LogP contribution >= 0.6 is 0 Å². The lowest BCUT2D eigenvalue weighted by atomic mass is 9.71. The van der Waals surface area contributed by atoms with E-state index in [0.717, 1.165) is 5.76 Å². The highest BCUT2D eigenvalue weighted by Gasteiger charge is 2.47. The first-order valence-electron chi connectivity index (χ1n) is 6.84. The van der Waals surface area contributed by atoms with Crippen LogP contribution < -0.4 is 0 Å². The van der Waals surface area contributed by atoms with Crippen LogP contribution in [0.4, 0.5) is 8.78 Å². The molecule has 0 spiro atoms. The molecule has 0 atom stereocenters. The third-order valence-corrected chi connectivity index (χ3v) is 4.95. The molecule has 0 radical (unpaired) electrons. The Morgan fingerprint density at radius 1 is 1.16 bits per heavy atom. The molecule has 2 heterocycles. The number of hydrogen-bond donors (Lipinski definition) is 0. The summed E-state index contributed by atoms with van der Waals surface area (Å²) in [6, 6.07) is 3.83. The van der Waals surface area contributed by atoms with Crippen LogP contribution in [0.5, 0.6) is 0 Å². The predicted molar refractivity (Wildman–Crippen MR) is 71.6 cm³/mol. The molecule has 1 saturated heterocycles. The van der Waals surface area contributed by atoms with Gasteiger partial charge >= 0.3 is 0 Å². The van der Waals surface area contributed by atoms with Crippen LogP contribution in [-0.2, 0) is 5.41 Å². The van der Waals surface area contributed by atoms with Gasteiger partial charge in [0.1, 0.15) is 5.76 Å². The lowest BCUT2D eigenvalue weighted by Crippen LogP contribution is -2.59. The van der Waals surface area contributed by atoms with Crippen molar-refractivity contribution in [3.8, 4) is 0 Å². The maximum Gasteiger partial charge on any atom is 0.250 e. The normalized spacial score (nSPS) is 21.6. The van der Waals surface area contributed by atoms with Crippen molar-refractivity contribution in [3.63, 3.8) is 0 Å². The van der Waals surface area contributed by atoms with Crippen LogP contribution in [0.2, 0.25) is 0 Å². The van der Waals surface area contributed by atoms with E-state index in [0.29, 0.717) is 13.1 Å². The van der Waals surface area contributed by atoms with Gasteiger partial charge in [-0.3, -0.25) is 4.90 Å². The van der Waals surface area contributed by atoms with E-state index in [1.807, 2.05) is 12.1 Å². The molecular weight excluding hydrogens is 248 g/mol. The molecule has 0 aromatic carbocycles. The molecule has 0 saturated carbocycles. The van der Waals surface area contributed by atoms with E-state index in [-0.39, 0.29) is 23.8 Å². The molecule has 1 aromatic rings. The smallest absolute Gasteiger partial charge is 0.250 e. The van der Waals surface area contributed by atoms with Gasteiger partial charge in [-0.1, -0.05) is 13.8 Å². The summed E-state index contributed by atoms with van der Waals surface area (Å²) < 4.78 is 32.1. The summed E-state index contributed by atoms with van der Waals surface area (Å²) in [5, 5.41) is 0. The van der Waals surface area contributed by atoms with E-state index in [1.54, 1.807) is 6.26 Å². The summed E-state index contributed by atoms with van der Waals surface area (Å²) >= 11 is 0. The summed E-state index contributed by atoms with van der Waals surface area (Å²) in [5.74, 6) is -1.60. The lowest BCUT2D eigenvalue weighted by molar-refractivity contribution is -0.0858. The minimum Gasteiger partial charge on any atom is -0.469 e. The first-order chi connectivity index (χ1) is 8.67. The Hall–Kier alpha value is -0.900. The van der Waals surface area contributed by atoms with Gasteiger partial charge in [-0.25, -0.2) is 8.78 Å². The van der Waals surface area contributed by atoms with E-state index in [9.17, 15) is 8.78 Å². The molecule has 0 amide bonds. The minimum atomic E-state index is -2.50. The first-order valence-corrected chi connectivity index (χ1v) is 6.84. The number of alkyl halides is 2. The average Bonchev–Trinajstić information content (AvgIpc) is 2.82. The summed E-state index contributed by atoms with van der Waals surface area (Å²) in [7, 11) is 0. The first kappa shape index (κ1) is 14.5. The van der Waals surface area contributed by atoms with Gasteiger partial charge in [-0.2, -0.15) is 0 Å². The molecule has 1 aliphatic heterocycles. The molecule has 0 aliphatic carbocycles. The van der Waals surface area contributed by atoms with E-state index in [1.165, 1.54) is 0 Å². The average molecular weight is 271 g/mol. The van der Waals surface area contributed by atoms with E-state index < -0.39 is 5.92 Å². The molecule has 0 bridgehead atoms. The summed E-state index contributed by atoms with van der Waals surface area (Å²) in [4.78, 5) is 2.16. The van der Waals surface area contributed by atoms with Crippen molar-refractivity contribution < 1.29 is 13.2 Å². The van der Waals surface area contributed by atoms with Gasteiger partial charge in [0.25, 0.3) is 5.92 Å². The van der Waals surface area contributed by atoms with Crippen molar-refractivity contribution in [2.75, 3.05) is 13.1 Å². The second kappa shape index (κ2) is 4.58. The number of halogens is 2. The van der Waals surface area contributed by atoms with Crippen LogP contribution in [0.15, 0.2) is 22.8 Å². The number of piperidine rings is 1. The Balaban J connectivity index is 2.18. The highest BCUT2D eigenvalue weighted by molar-refractivity contribution is 5.19. The van der Waals surface area contributed by atoms with Crippen LogP contribution in [-0.4, -0.2) is 29.5 Å². The van der Waals surface area contributed by atoms with Gasteiger partial charge < -0.3 is 4.42 Å². The molecule has 1 aromatic heterocycles. The number of furan rings is 1. The van der Waals surface area contributed by atoms with Crippen molar-refractivity contribution >= 4 is 0 Å². The Kier molecular flexibility index (Phi) is 3.50. The number of rotatable bonds is 3. The second-order valence-electron chi connectivity index (χ2n) is 6.50. The zero-order valence-corrected chi connectivity index (χ0v) is 12.2. The van der Waals surface area contributed by atoms with E-state index in [4.69, 9.17) is 4.42 Å². The fourth-order valence-corrected chi connectivity index (χ4v) is 2.72. The van der Waals surface area contributed by atoms with Crippen molar-refractivity contribution in [3.05, 3.63) is 24.2 Å². The summed E-state index contributed by atoms with van der Waals surface area (Å²) in [6.07, 6.45) is 1.56. The van der Waals surface area contributed by atoms with Crippen LogP contribution in [0.25, 0.3) is 0 Å². The van der Waals surface area contributed by atoms with Crippen LogP contribution in [0, 0.1) is 0 Å². The SMILES string of the molecule is CC(C)(c1ccco1)C(C)(C)N1CCC(F)(F)CC1. The van der Waals surface area contributed by atoms with Gasteiger partial charge in [0.15, 0.2) is 0 Å². The minimum absolute atomic E-state index is 0.0509. The number of likely N-dealkylation sites (tertiary alicyclic amines) is 1. The second-order valence-corrected chi connectivity index (χ2v) is 6.50. The molecule has 4 heteroatoms. The Morgan fingerprint density at radius 3 is 2.21 bits per heavy atom. The van der Waals surface area contributed by atoms with Crippen molar-refractivity contribution in [2.45, 2.75) is 57.4 Å². The number of nitrogens with zero attached hydrogens (tertiary/aromatic N) is 1. The molecule has 0 N–H and O–H groups in total. The fraction of sp³-hybridized carbons (Fsp3) is 0.733. The molecular formula is C15H23F2NO. The third kappa shape index (κ3) is 2.55. The largest absolute Gasteiger partial charge is 0.469 e. The fourth-order valence-electron chi connectivity index (χ4n) is 2.72. The van der Waals surface area contributed by atoms with Crippen LogP contribution in [0.1, 0.15) is 46.3 Å². The zero-order chi connectivity index (χ0) is 14.3. The van der Waals surface area contributed by atoms with E-state index in [2.05, 4.69) is 32.6 Å². The molecule has 2 rings (SSSR count). The molecule has 0 unspecified atom stereocenters. The molecule has 1 fully saturated rings. The molecule has 19 heavy (non-hydrogen) atoms. The molecule has 108 valence electrons. The van der Waals surface area contributed by atoms with Gasteiger partial charge in [0, 0.05) is 36.9 Å². The van der Waals surface area contributed by atoms with Gasteiger partial charge in [-0.15, -0.1) is 0 Å². The van der Waals surface area contributed by atoms with Crippen molar-refractivity contribution in [2.24, 2.45) is 0 Å². The maximum atomic E-state index is 13.3. The topological polar surface area (TPSA) is 16.4 Å². The van der Waals surface area contributed by atoms with Crippen molar-refractivity contribution in [1.82, 2.24) is 4.90 Å². The zero-order valence-electron chi connectivity index (χ0n) is 12.2. The third-order valence-electron chi connectivity index (χ3n) is 4.95.